The summed E-state index contributed by atoms with van der Waals surface area (Å²) in [5.41, 5.74) is 3.39. The lowest BCUT2D eigenvalue weighted by atomic mass is 10.0. The maximum atomic E-state index is 13.1. The van der Waals surface area contributed by atoms with Crippen molar-refractivity contribution < 1.29 is 23.4 Å². The van der Waals surface area contributed by atoms with Crippen LogP contribution in [0.25, 0.3) is 11.1 Å². The highest BCUT2D eigenvalue weighted by atomic mass is 35.5. The van der Waals surface area contributed by atoms with Gasteiger partial charge in [-0.25, -0.2) is 13.2 Å². The van der Waals surface area contributed by atoms with E-state index in [1.54, 1.807) is 54.6 Å². The number of carboxylic acid groups (broad SMARTS) is 1. The molecule has 6 nitrogen and oxygen atoms in total. The van der Waals surface area contributed by atoms with Gasteiger partial charge < -0.3 is 15.5 Å². The minimum absolute atomic E-state index is 0.171. The molecule has 4 aromatic carbocycles. The SMILES string of the molecule is O=C(O)c1cccc(-c2ccc(S(=O)(=O)c3ccc(CCCNC[C@H](O)c4cccc(Cl)c4)cc3)cc2)c1. The number of hydrogen-bond donors (Lipinski definition) is 3. The molecule has 0 radical (unpaired) electrons. The van der Waals surface area contributed by atoms with Crippen molar-refractivity contribution in [2.24, 2.45) is 0 Å². The first-order valence-electron chi connectivity index (χ1n) is 12.2. The topological polar surface area (TPSA) is 104 Å². The predicted octanol–water partition coefficient (Wildman–Crippen LogP) is 5.79. The number of hydrogen-bond acceptors (Lipinski definition) is 5. The molecule has 0 aliphatic rings. The Morgan fingerprint density at radius 3 is 2.16 bits per heavy atom. The second-order valence-electron chi connectivity index (χ2n) is 8.94. The molecule has 0 saturated carbocycles. The van der Waals surface area contributed by atoms with E-state index in [2.05, 4.69) is 5.32 Å². The molecule has 0 fully saturated rings. The Morgan fingerprint density at radius 1 is 0.842 bits per heavy atom. The van der Waals surface area contributed by atoms with E-state index in [0.29, 0.717) is 23.7 Å². The molecule has 0 unspecified atom stereocenters. The van der Waals surface area contributed by atoms with Gasteiger partial charge >= 0.3 is 5.97 Å². The van der Waals surface area contributed by atoms with Crippen molar-refractivity contribution in [3.05, 3.63) is 119 Å². The minimum Gasteiger partial charge on any atom is -0.478 e. The van der Waals surface area contributed by atoms with Crippen molar-refractivity contribution in [1.82, 2.24) is 5.32 Å². The summed E-state index contributed by atoms with van der Waals surface area (Å²) in [6.07, 6.45) is 0.964. The van der Waals surface area contributed by atoms with Gasteiger partial charge in [0, 0.05) is 11.6 Å². The molecule has 0 heterocycles. The zero-order chi connectivity index (χ0) is 27.1. The Kier molecular flexibility index (Phi) is 8.97. The number of carbonyl (C=O) groups is 1. The average Bonchev–Trinajstić information content (AvgIpc) is 2.93. The third kappa shape index (κ3) is 6.88. The van der Waals surface area contributed by atoms with E-state index >= 15 is 0 Å². The van der Waals surface area contributed by atoms with Gasteiger partial charge in [0.15, 0.2) is 0 Å². The van der Waals surface area contributed by atoms with Gasteiger partial charge in [-0.2, -0.15) is 0 Å². The highest BCUT2D eigenvalue weighted by Gasteiger charge is 2.18. The van der Waals surface area contributed by atoms with Gasteiger partial charge in [0.1, 0.15) is 0 Å². The van der Waals surface area contributed by atoms with Crippen molar-refractivity contribution in [2.45, 2.75) is 28.7 Å². The summed E-state index contributed by atoms with van der Waals surface area (Å²) in [6, 6.07) is 27.0. The summed E-state index contributed by atoms with van der Waals surface area (Å²) in [7, 11) is -3.69. The number of aromatic carboxylic acids is 1. The lowest BCUT2D eigenvalue weighted by molar-refractivity contribution is 0.0697. The fourth-order valence-corrected chi connectivity index (χ4v) is 5.58. The number of rotatable bonds is 11. The van der Waals surface area contributed by atoms with E-state index in [0.717, 1.165) is 29.5 Å². The van der Waals surface area contributed by atoms with Gasteiger partial charge in [-0.3, -0.25) is 0 Å². The number of nitrogens with one attached hydrogen (secondary N) is 1. The van der Waals surface area contributed by atoms with E-state index in [1.165, 1.54) is 18.2 Å². The van der Waals surface area contributed by atoms with Crippen LogP contribution in [0, 0.1) is 0 Å². The highest BCUT2D eigenvalue weighted by Crippen LogP contribution is 2.26. The summed E-state index contributed by atoms with van der Waals surface area (Å²) < 4.78 is 26.2. The maximum Gasteiger partial charge on any atom is 0.335 e. The zero-order valence-corrected chi connectivity index (χ0v) is 22.1. The van der Waals surface area contributed by atoms with Crippen LogP contribution in [-0.4, -0.2) is 37.7 Å². The number of aliphatic hydroxyl groups is 1. The Hall–Kier alpha value is -3.49. The molecule has 0 spiro atoms. The first kappa shape index (κ1) is 27.5. The number of sulfone groups is 1. The van der Waals surface area contributed by atoms with E-state index in [4.69, 9.17) is 11.6 Å². The number of halogens is 1. The van der Waals surface area contributed by atoms with Crippen molar-refractivity contribution in [3.63, 3.8) is 0 Å². The third-order valence-electron chi connectivity index (χ3n) is 6.23. The number of benzene rings is 4. The van der Waals surface area contributed by atoms with Gasteiger partial charge in [0.25, 0.3) is 0 Å². The smallest absolute Gasteiger partial charge is 0.335 e. The van der Waals surface area contributed by atoms with Crippen LogP contribution in [0.3, 0.4) is 0 Å². The third-order valence-corrected chi connectivity index (χ3v) is 8.25. The largest absolute Gasteiger partial charge is 0.478 e. The normalized spacial score (nSPS) is 12.3. The Balaban J connectivity index is 1.31. The van der Waals surface area contributed by atoms with Gasteiger partial charge in [-0.05, 0) is 90.2 Å². The van der Waals surface area contributed by atoms with E-state index in [-0.39, 0.29) is 15.4 Å². The van der Waals surface area contributed by atoms with Gasteiger partial charge in [0.2, 0.25) is 9.84 Å². The first-order valence-corrected chi connectivity index (χ1v) is 14.0. The predicted molar refractivity (Wildman–Crippen MR) is 148 cm³/mol. The summed E-state index contributed by atoms with van der Waals surface area (Å²) in [5, 5.41) is 23.3. The van der Waals surface area contributed by atoms with Crippen LogP contribution < -0.4 is 5.32 Å². The molecule has 4 aromatic rings. The van der Waals surface area contributed by atoms with Gasteiger partial charge in [-0.15, -0.1) is 0 Å². The number of aliphatic hydroxyl groups excluding tert-OH is 1. The van der Waals surface area contributed by atoms with Crippen LogP contribution in [-0.2, 0) is 16.3 Å². The molecule has 196 valence electrons. The molecule has 38 heavy (non-hydrogen) atoms. The second kappa shape index (κ2) is 12.4. The Morgan fingerprint density at radius 2 is 1.50 bits per heavy atom. The zero-order valence-electron chi connectivity index (χ0n) is 20.5. The van der Waals surface area contributed by atoms with Crippen LogP contribution in [0.2, 0.25) is 5.02 Å². The van der Waals surface area contributed by atoms with Crippen LogP contribution in [0.5, 0.6) is 0 Å². The Bertz CT molecular complexity index is 1500. The molecule has 0 aliphatic carbocycles. The van der Waals surface area contributed by atoms with Crippen molar-refractivity contribution in [3.8, 4) is 11.1 Å². The molecule has 8 heteroatoms. The van der Waals surface area contributed by atoms with E-state index < -0.39 is 21.9 Å². The van der Waals surface area contributed by atoms with Crippen LogP contribution >= 0.6 is 11.6 Å². The molecular formula is C30H28ClNO5S. The summed E-state index contributed by atoms with van der Waals surface area (Å²) in [5.74, 6) is -1.02. The molecule has 0 saturated heterocycles. The minimum atomic E-state index is -3.69. The lowest BCUT2D eigenvalue weighted by Crippen LogP contribution is -2.22. The second-order valence-corrected chi connectivity index (χ2v) is 11.3. The molecule has 0 bridgehead atoms. The quantitative estimate of drug-likeness (QED) is 0.204. The van der Waals surface area contributed by atoms with Crippen molar-refractivity contribution in [2.75, 3.05) is 13.1 Å². The number of aryl methyl sites for hydroxylation is 1. The van der Waals surface area contributed by atoms with Crippen molar-refractivity contribution >= 4 is 27.4 Å². The standard InChI is InChI=1S/C30H28ClNO5S/c31-26-8-2-6-24(19-26)29(33)20-32-17-3-4-21-9-13-27(14-10-21)38(36,37)28-15-11-22(12-16-28)23-5-1-7-25(18-23)30(34)35/h1-2,5-16,18-19,29,32-33H,3-4,17,20H2,(H,34,35)/t29-/m0/s1. The Labute approximate surface area is 227 Å². The summed E-state index contributed by atoms with van der Waals surface area (Å²) >= 11 is 5.97. The van der Waals surface area contributed by atoms with E-state index in [1.807, 2.05) is 24.3 Å². The molecule has 0 aliphatic heterocycles. The van der Waals surface area contributed by atoms with E-state index in [9.17, 15) is 23.4 Å². The molecular weight excluding hydrogens is 522 g/mol. The molecule has 3 N–H and O–H groups in total. The van der Waals surface area contributed by atoms with Gasteiger partial charge in [0.05, 0.1) is 21.5 Å². The monoisotopic (exact) mass is 549 g/mol. The summed E-state index contributed by atoms with van der Waals surface area (Å²) in [6.45, 7) is 1.13. The fourth-order valence-electron chi connectivity index (χ4n) is 4.12. The lowest BCUT2D eigenvalue weighted by Gasteiger charge is -2.12. The fraction of sp³-hybridized carbons (Fsp3) is 0.167. The van der Waals surface area contributed by atoms with Crippen molar-refractivity contribution in [1.29, 1.82) is 0 Å². The molecule has 0 aromatic heterocycles. The molecule has 0 amide bonds. The molecule has 1 atom stereocenters. The average molecular weight is 550 g/mol. The van der Waals surface area contributed by atoms with Crippen LogP contribution in [0.15, 0.2) is 107 Å². The highest BCUT2D eigenvalue weighted by molar-refractivity contribution is 7.91. The van der Waals surface area contributed by atoms with Gasteiger partial charge in [-0.1, -0.05) is 60.1 Å². The molecule has 4 rings (SSSR count). The number of carboxylic acids is 1. The summed E-state index contributed by atoms with van der Waals surface area (Å²) in [4.78, 5) is 11.6. The van der Waals surface area contributed by atoms with Crippen LogP contribution in [0.1, 0.15) is 34.0 Å². The van der Waals surface area contributed by atoms with Crippen LogP contribution in [0.4, 0.5) is 0 Å². The first-order chi connectivity index (χ1) is 18.2. The maximum absolute atomic E-state index is 13.1.